The summed E-state index contributed by atoms with van der Waals surface area (Å²) in [7, 11) is -6.98. The Morgan fingerprint density at radius 1 is 0.621 bits per heavy atom. The molecule has 0 aliphatic rings. The van der Waals surface area contributed by atoms with Gasteiger partial charge in [-0.2, -0.15) is 0 Å². The predicted octanol–water partition coefficient (Wildman–Crippen LogP) is 2.78. The molecule has 6 nitrogen and oxygen atoms in total. The molecule has 0 spiro atoms. The van der Waals surface area contributed by atoms with Crippen molar-refractivity contribution < 1.29 is 26.4 Å². The number of carbonyl (C=O) groups excluding carboxylic acids is 2. The molecule has 0 N–H and O–H groups in total. The van der Waals surface area contributed by atoms with E-state index in [0.717, 1.165) is 11.1 Å². The van der Waals surface area contributed by atoms with Gasteiger partial charge in [0.15, 0.2) is 19.7 Å². The third kappa shape index (κ3) is 6.90. The number of rotatable bonds is 10. The second-order valence-electron chi connectivity index (χ2n) is 7.01. The fourth-order valence-corrected chi connectivity index (χ4v) is 5.34. The molecule has 2 aromatic rings. The van der Waals surface area contributed by atoms with Crippen LogP contribution in [-0.4, -0.2) is 39.9 Å². The van der Waals surface area contributed by atoms with Crippen molar-refractivity contribution >= 4 is 31.2 Å². The highest BCUT2D eigenvalue weighted by atomic mass is 32.2. The van der Waals surface area contributed by atoms with Gasteiger partial charge in [-0.25, -0.2) is 16.8 Å². The van der Waals surface area contributed by atoms with E-state index in [1.165, 1.54) is 38.1 Å². The number of ketones is 2. The van der Waals surface area contributed by atoms with Crippen LogP contribution in [-0.2, 0) is 35.7 Å². The molecule has 0 radical (unpaired) electrons. The molecule has 0 fully saturated rings. The first-order chi connectivity index (χ1) is 13.5. The van der Waals surface area contributed by atoms with Crippen LogP contribution in [0.4, 0.5) is 0 Å². The molecule has 2 aromatic carbocycles. The van der Waals surface area contributed by atoms with Gasteiger partial charge < -0.3 is 0 Å². The first kappa shape index (κ1) is 23.0. The van der Waals surface area contributed by atoms with Gasteiger partial charge in [-0.15, -0.1) is 0 Å². The quantitative estimate of drug-likeness (QED) is 0.567. The zero-order valence-electron chi connectivity index (χ0n) is 16.4. The van der Waals surface area contributed by atoms with Gasteiger partial charge in [0.25, 0.3) is 0 Å². The van der Waals surface area contributed by atoms with E-state index in [1.54, 1.807) is 24.3 Å². The summed E-state index contributed by atoms with van der Waals surface area (Å²) in [4.78, 5) is 22.4. The molecular weight excluding hydrogens is 412 g/mol. The smallest absolute Gasteiger partial charge is 0.178 e. The van der Waals surface area contributed by atoms with Crippen molar-refractivity contribution in [2.45, 2.75) is 42.9 Å². The van der Waals surface area contributed by atoms with E-state index < -0.39 is 19.7 Å². The van der Waals surface area contributed by atoms with E-state index in [9.17, 15) is 26.4 Å². The van der Waals surface area contributed by atoms with Gasteiger partial charge >= 0.3 is 0 Å². The summed E-state index contributed by atoms with van der Waals surface area (Å²) in [6.07, 6.45) is 0.499. The first-order valence-corrected chi connectivity index (χ1v) is 12.4. The summed E-state index contributed by atoms with van der Waals surface area (Å²) < 4.78 is 48.8. The number of hydrogen-bond acceptors (Lipinski definition) is 6. The normalized spacial score (nSPS) is 11.9. The molecule has 0 saturated heterocycles. The Hall–Kier alpha value is -2.32. The molecule has 0 amide bonds. The van der Waals surface area contributed by atoms with Gasteiger partial charge in [-0.1, -0.05) is 24.3 Å². The van der Waals surface area contributed by atoms with E-state index in [0.29, 0.717) is 6.42 Å². The lowest BCUT2D eigenvalue weighted by Gasteiger charge is -2.07. The third-order valence-corrected chi connectivity index (χ3v) is 7.88. The Bertz CT molecular complexity index is 991. The van der Waals surface area contributed by atoms with Gasteiger partial charge in [0.1, 0.15) is 11.6 Å². The summed E-state index contributed by atoms with van der Waals surface area (Å²) in [6.45, 7) is 2.72. The topological polar surface area (TPSA) is 102 Å². The zero-order chi connectivity index (χ0) is 21.7. The molecule has 2 rings (SSSR count). The molecule has 0 saturated carbocycles. The van der Waals surface area contributed by atoms with Crippen LogP contribution in [0.2, 0.25) is 0 Å². The van der Waals surface area contributed by atoms with E-state index in [4.69, 9.17) is 0 Å². The monoisotopic (exact) mass is 436 g/mol. The lowest BCUT2D eigenvalue weighted by atomic mass is 10.1. The van der Waals surface area contributed by atoms with Crippen LogP contribution < -0.4 is 0 Å². The number of sulfone groups is 2. The van der Waals surface area contributed by atoms with E-state index >= 15 is 0 Å². The Balaban J connectivity index is 2.07. The minimum absolute atomic E-state index is 0.00818. The van der Waals surface area contributed by atoms with Crippen LogP contribution in [0.3, 0.4) is 0 Å². The number of benzene rings is 2. The van der Waals surface area contributed by atoms with Gasteiger partial charge in [0.05, 0.1) is 21.3 Å². The number of carbonyl (C=O) groups is 2. The van der Waals surface area contributed by atoms with Crippen molar-refractivity contribution in [2.75, 3.05) is 11.5 Å². The average molecular weight is 437 g/mol. The fraction of sp³-hybridized carbons (Fsp3) is 0.333. The van der Waals surface area contributed by atoms with Crippen molar-refractivity contribution in [3.63, 3.8) is 0 Å². The highest BCUT2D eigenvalue weighted by Gasteiger charge is 2.16. The maximum Gasteiger partial charge on any atom is 0.178 e. The SMILES string of the molecule is CC(=O)CCS(=O)(=O)c1ccc(Cc2ccc(S(=O)(=O)CCC(C)=O)cc2)cc1. The minimum Gasteiger partial charge on any atom is -0.300 e. The highest BCUT2D eigenvalue weighted by Crippen LogP contribution is 2.18. The molecule has 0 aliphatic carbocycles. The molecule has 0 aromatic heterocycles. The van der Waals surface area contributed by atoms with E-state index in [2.05, 4.69) is 0 Å². The summed E-state index contributed by atoms with van der Waals surface area (Å²) in [5.41, 5.74) is 1.76. The molecule has 156 valence electrons. The zero-order valence-corrected chi connectivity index (χ0v) is 18.1. The lowest BCUT2D eigenvalue weighted by molar-refractivity contribution is -0.117. The van der Waals surface area contributed by atoms with Crippen molar-refractivity contribution in [3.8, 4) is 0 Å². The Kier molecular flexibility index (Phi) is 7.48. The molecule has 8 heteroatoms. The minimum atomic E-state index is -3.49. The molecule has 0 bridgehead atoms. The van der Waals surface area contributed by atoms with Crippen molar-refractivity contribution in [2.24, 2.45) is 0 Å². The third-order valence-electron chi connectivity index (χ3n) is 4.42. The number of Topliss-reactive ketones (excluding diaryl/α,β-unsaturated/α-hetero) is 2. The van der Waals surface area contributed by atoms with Crippen LogP contribution in [0.25, 0.3) is 0 Å². The predicted molar refractivity (Wildman–Crippen MR) is 110 cm³/mol. The van der Waals surface area contributed by atoms with E-state index in [-0.39, 0.29) is 45.7 Å². The van der Waals surface area contributed by atoms with Crippen molar-refractivity contribution in [1.29, 1.82) is 0 Å². The second-order valence-corrected chi connectivity index (χ2v) is 11.2. The van der Waals surface area contributed by atoms with Gasteiger partial charge in [0, 0.05) is 12.8 Å². The van der Waals surface area contributed by atoms with Crippen LogP contribution in [0.1, 0.15) is 37.8 Å². The maximum atomic E-state index is 12.2. The lowest BCUT2D eigenvalue weighted by Crippen LogP contribution is -2.10. The summed E-state index contributed by atoms with van der Waals surface area (Å²) in [5.74, 6) is -0.753. The number of hydrogen-bond donors (Lipinski definition) is 0. The van der Waals surface area contributed by atoms with E-state index in [1.807, 2.05) is 0 Å². The summed E-state index contributed by atoms with van der Waals surface area (Å²) in [5, 5.41) is 0. The summed E-state index contributed by atoms with van der Waals surface area (Å²) >= 11 is 0. The maximum absolute atomic E-state index is 12.2. The average Bonchev–Trinajstić information content (AvgIpc) is 2.66. The first-order valence-electron chi connectivity index (χ1n) is 9.12. The molecule has 0 heterocycles. The molecule has 0 aliphatic heterocycles. The fourth-order valence-electron chi connectivity index (χ4n) is 2.66. The van der Waals surface area contributed by atoms with Crippen LogP contribution in [0.15, 0.2) is 58.3 Å². The standard InChI is InChI=1S/C21H24O6S2/c1-16(22)11-13-28(24,25)20-7-3-18(4-8-20)15-19-5-9-21(10-6-19)29(26,27)14-12-17(2)23/h3-10H,11-15H2,1-2H3. The van der Waals surface area contributed by atoms with Gasteiger partial charge in [-0.05, 0) is 55.7 Å². The molecule has 0 atom stereocenters. The Morgan fingerprint density at radius 2 is 0.931 bits per heavy atom. The van der Waals surface area contributed by atoms with Gasteiger partial charge in [-0.3, -0.25) is 9.59 Å². The second kappa shape index (κ2) is 9.45. The van der Waals surface area contributed by atoms with Crippen LogP contribution in [0, 0.1) is 0 Å². The van der Waals surface area contributed by atoms with Gasteiger partial charge in [0.2, 0.25) is 0 Å². The highest BCUT2D eigenvalue weighted by molar-refractivity contribution is 7.91. The molecular formula is C21H24O6S2. The van der Waals surface area contributed by atoms with Crippen LogP contribution >= 0.6 is 0 Å². The van der Waals surface area contributed by atoms with Crippen molar-refractivity contribution in [3.05, 3.63) is 59.7 Å². The molecule has 29 heavy (non-hydrogen) atoms. The Morgan fingerprint density at radius 3 is 1.21 bits per heavy atom. The molecule has 0 unspecified atom stereocenters. The largest absolute Gasteiger partial charge is 0.300 e. The van der Waals surface area contributed by atoms with Crippen molar-refractivity contribution in [1.82, 2.24) is 0 Å². The summed E-state index contributed by atoms with van der Waals surface area (Å²) in [6, 6.07) is 12.9. The van der Waals surface area contributed by atoms with Crippen LogP contribution in [0.5, 0.6) is 0 Å². The Labute approximate surface area is 171 Å².